The molecule has 0 unspecified atom stereocenters. The zero-order valence-corrected chi connectivity index (χ0v) is 17.1. The average Bonchev–Trinajstić information content (AvgIpc) is 3.10. The summed E-state index contributed by atoms with van der Waals surface area (Å²) in [6.45, 7) is 0. The van der Waals surface area contributed by atoms with Crippen molar-refractivity contribution in [2.75, 3.05) is 5.43 Å². The zero-order valence-electron chi connectivity index (χ0n) is 14.7. The van der Waals surface area contributed by atoms with Crippen molar-refractivity contribution < 1.29 is 0 Å². The smallest absolute Gasteiger partial charge is 0.222 e. The van der Waals surface area contributed by atoms with Crippen molar-refractivity contribution in [3.05, 3.63) is 94.0 Å². The van der Waals surface area contributed by atoms with Crippen molar-refractivity contribution in [1.29, 1.82) is 0 Å². The van der Waals surface area contributed by atoms with Crippen LogP contribution in [0.5, 0.6) is 0 Å². The highest BCUT2D eigenvalue weighted by Crippen LogP contribution is 2.13. The molecule has 0 radical (unpaired) electrons. The SMILES string of the molecule is Brc1cccc(C#Cc2ccc(/C=N/Nc3nc4ccccc4[nH]3)cc2)c1.Cl. The molecule has 1 aromatic heterocycles. The minimum atomic E-state index is 0. The Morgan fingerprint density at radius 1 is 0.929 bits per heavy atom. The summed E-state index contributed by atoms with van der Waals surface area (Å²) >= 11 is 3.45. The number of para-hydroxylation sites is 2. The highest BCUT2D eigenvalue weighted by molar-refractivity contribution is 9.10. The summed E-state index contributed by atoms with van der Waals surface area (Å²) in [6, 6.07) is 23.7. The van der Waals surface area contributed by atoms with Gasteiger partial charge < -0.3 is 4.98 Å². The van der Waals surface area contributed by atoms with Crippen molar-refractivity contribution in [1.82, 2.24) is 9.97 Å². The molecule has 0 aliphatic rings. The number of H-pyrrole nitrogens is 1. The third-order valence-corrected chi connectivity index (χ3v) is 4.35. The largest absolute Gasteiger partial charge is 0.323 e. The molecule has 0 aliphatic heterocycles. The van der Waals surface area contributed by atoms with E-state index in [9.17, 15) is 0 Å². The van der Waals surface area contributed by atoms with Gasteiger partial charge in [0, 0.05) is 15.6 Å². The molecule has 0 spiro atoms. The van der Waals surface area contributed by atoms with Gasteiger partial charge in [-0.15, -0.1) is 12.4 Å². The van der Waals surface area contributed by atoms with E-state index < -0.39 is 0 Å². The first-order chi connectivity index (χ1) is 13.3. The summed E-state index contributed by atoms with van der Waals surface area (Å²) in [5, 5.41) is 4.23. The molecule has 0 bridgehead atoms. The zero-order chi connectivity index (χ0) is 18.5. The normalized spacial score (nSPS) is 10.3. The minimum Gasteiger partial charge on any atom is -0.323 e. The lowest BCUT2D eigenvalue weighted by Crippen LogP contribution is -1.92. The second-order valence-electron chi connectivity index (χ2n) is 5.85. The molecule has 0 atom stereocenters. The van der Waals surface area contributed by atoms with E-state index in [2.05, 4.69) is 48.3 Å². The number of hydrogen-bond acceptors (Lipinski definition) is 3. The summed E-state index contributed by atoms with van der Waals surface area (Å²) in [6.07, 6.45) is 1.75. The van der Waals surface area contributed by atoms with Gasteiger partial charge in [0.2, 0.25) is 5.95 Å². The van der Waals surface area contributed by atoms with Crippen LogP contribution in [0.1, 0.15) is 16.7 Å². The molecule has 3 aromatic carbocycles. The summed E-state index contributed by atoms with van der Waals surface area (Å²) in [5.74, 6) is 6.94. The Hall–Kier alpha value is -3.07. The third-order valence-electron chi connectivity index (χ3n) is 3.86. The summed E-state index contributed by atoms with van der Waals surface area (Å²) in [5.41, 5.74) is 7.71. The fraction of sp³-hybridized carbons (Fsp3) is 0. The number of halogens is 2. The van der Waals surface area contributed by atoms with Crippen molar-refractivity contribution in [3.8, 4) is 11.8 Å². The second kappa shape index (κ2) is 9.23. The maximum Gasteiger partial charge on any atom is 0.222 e. The van der Waals surface area contributed by atoms with Gasteiger partial charge in [0.05, 0.1) is 17.2 Å². The Bertz CT molecular complexity index is 1140. The number of fused-ring (bicyclic) bond motifs is 1. The summed E-state index contributed by atoms with van der Waals surface area (Å²) in [7, 11) is 0. The monoisotopic (exact) mass is 450 g/mol. The predicted molar refractivity (Wildman–Crippen MR) is 121 cm³/mol. The maximum absolute atomic E-state index is 4.42. The van der Waals surface area contributed by atoms with E-state index in [1.54, 1.807) is 6.21 Å². The first kappa shape index (κ1) is 19.7. The first-order valence-electron chi connectivity index (χ1n) is 8.38. The molecule has 4 aromatic rings. The highest BCUT2D eigenvalue weighted by atomic mass is 79.9. The summed E-state index contributed by atoms with van der Waals surface area (Å²) in [4.78, 5) is 7.58. The molecule has 4 nitrogen and oxygen atoms in total. The molecule has 2 N–H and O–H groups in total. The van der Waals surface area contributed by atoms with Crippen LogP contribution >= 0.6 is 28.3 Å². The summed E-state index contributed by atoms with van der Waals surface area (Å²) < 4.78 is 1.03. The molecule has 0 aliphatic carbocycles. The van der Waals surface area contributed by atoms with E-state index in [4.69, 9.17) is 0 Å². The first-order valence-corrected chi connectivity index (χ1v) is 9.17. The number of rotatable bonds is 3. The minimum absolute atomic E-state index is 0. The number of nitrogens with one attached hydrogen (secondary N) is 2. The Balaban J connectivity index is 0.00000225. The van der Waals surface area contributed by atoms with Crippen molar-refractivity contribution in [3.63, 3.8) is 0 Å². The molecule has 1 heterocycles. The number of anilines is 1. The van der Waals surface area contributed by atoms with E-state index in [0.29, 0.717) is 5.95 Å². The van der Waals surface area contributed by atoms with E-state index in [1.165, 1.54) is 0 Å². The van der Waals surface area contributed by atoms with Gasteiger partial charge in [0.25, 0.3) is 0 Å². The van der Waals surface area contributed by atoms with Gasteiger partial charge in [-0.1, -0.05) is 58.1 Å². The Kier molecular flexibility index (Phi) is 6.49. The van der Waals surface area contributed by atoms with Gasteiger partial charge in [-0.25, -0.2) is 10.4 Å². The van der Waals surface area contributed by atoms with Crippen LogP contribution in [0.25, 0.3) is 11.0 Å². The Labute approximate surface area is 177 Å². The van der Waals surface area contributed by atoms with Gasteiger partial charge in [-0.3, -0.25) is 0 Å². The van der Waals surface area contributed by atoms with Crippen LogP contribution in [-0.2, 0) is 0 Å². The van der Waals surface area contributed by atoms with Crippen molar-refractivity contribution in [2.24, 2.45) is 5.10 Å². The molecule has 138 valence electrons. The van der Waals surface area contributed by atoms with Gasteiger partial charge in [0.1, 0.15) is 0 Å². The van der Waals surface area contributed by atoms with Crippen LogP contribution in [0.15, 0.2) is 82.4 Å². The standard InChI is InChI=1S/C22H15BrN4.ClH/c23-19-5-3-4-17(14-19)11-8-16-9-12-18(13-10-16)15-24-27-22-25-20-6-1-2-7-21(20)26-22;/h1-7,9-10,12-15H,(H2,25,26,27);1H/b24-15+;. The predicted octanol–water partition coefficient (Wildman–Crippen LogP) is 5.59. The van der Waals surface area contributed by atoms with Gasteiger partial charge >= 0.3 is 0 Å². The van der Waals surface area contributed by atoms with Crippen LogP contribution in [0.3, 0.4) is 0 Å². The Morgan fingerprint density at radius 3 is 2.50 bits per heavy atom. The molecule has 0 saturated heterocycles. The van der Waals surface area contributed by atoms with Crippen LogP contribution in [-0.4, -0.2) is 16.2 Å². The van der Waals surface area contributed by atoms with Gasteiger partial charge in [-0.05, 0) is 48.0 Å². The molecular formula is C22H16BrClN4. The topological polar surface area (TPSA) is 53.1 Å². The van der Waals surface area contributed by atoms with Crippen LogP contribution in [0, 0.1) is 11.8 Å². The molecule has 0 amide bonds. The number of imidazole rings is 1. The lowest BCUT2D eigenvalue weighted by Gasteiger charge is -1.96. The molecule has 0 saturated carbocycles. The molecular weight excluding hydrogens is 436 g/mol. The van der Waals surface area contributed by atoms with E-state index in [0.717, 1.165) is 32.2 Å². The number of aromatic amines is 1. The van der Waals surface area contributed by atoms with Crippen LogP contribution < -0.4 is 5.43 Å². The van der Waals surface area contributed by atoms with E-state index in [1.807, 2.05) is 72.8 Å². The van der Waals surface area contributed by atoms with Crippen molar-refractivity contribution >= 4 is 51.5 Å². The molecule has 28 heavy (non-hydrogen) atoms. The number of nitrogens with zero attached hydrogens (tertiary/aromatic N) is 2. The average molecular weight is 452 g/mol. The second-order valence-corrected chi connectivity index (χ2v) is 6.77. The van der Waals surface area contributed by atoms with Crippen LogP contribution in [0.2, 0.25) is 0 Å². The van der Waals surface area contributed by atoms with Crippen molar-refractivity contribution in [2.45, 2.75) is 0 Å². The van der Waals surface area contributed by atoms with Crippen LogP contribution in [0.4, 0.5) is 5.95 Å². The lowest BCUT2D eigenvalue weighted by molar-refractivity contribution is 1.21. The van der Waals surface area contributed by atoms with Gasteiger partial charge in [0.15, 0.2) is 0 Å². The number of benzene rings is 3. The molecule has 6 heteroatoms. The number of aromatic nitrogens is 2. The number of hydrazone groups is 1. The maximum atomic E-state index is 4.42. The molecule has 4 rings (SSSR count). The highest BCUT2D eigenvalue weighted by Gasteiger charge is 1.99. The van der Waals surface area contributed by atoms with E-state index in [-0.39, 0.29) is 12.4 Å². The lowest BCUT2D eigenvalue weighted by atomic mass is 10.1. The quantitative estimate of drug-likeness (QED) is 0.242. The fourth-order valence-corrected chi connectivity index (χ4v) is 2.94. The van der Waals surface area contributed by atoms with E-state index >= 15 is 0 Å². The third kappa shape index (κ3) is 5.01. The van der Waals surface area contributed by atoms with Gasteiger partial charge in [-0.2, -0.15) is 5.10 Å². The number of hydrogen-bond donors (Lipinski definition) is 2. The molecule has 0 fully saturated rings. The fourth-order valence-electron chi connectivity index (χ4n) is 2.54. The Morgan fingerprint density at radius 2 is 1.71 bits per heavy atom.